The summed E-state index contributed by atoms with van der Waals surface area (Å²) in [5.41, 5.74) is 11.2. The summed E-state index contributed by atoms with van der Waals surface area (Å²) in [5.74, 6) is 0. The van der Waals surface area contributed by atoms with Crippen molar-refractivity contribution in [2.24, 2.45) is 0 Å². The second-order valence-corrected chi connectivity index (χ2v) is 14.8. The van der Waals surface area contributed by atoms with Crippen LogP contribution in [0.3, 0.4) is 0 Å². The van der Waals surface area contributed by atoms with E-state index < -0.39 is 0 Å². The fourth-order valence-electron chi connectivity index (χ4n) is 8.21. The average Bonchev–Trinajstić information content (AvgIpc) is 3.64. The molecule has 10 rings (SSSR count). The van der Waals surface area contributed by atoms with E-state index in [4.69, 9.17) is 0 Å². The smallest absolute Gasteiger partial charge is 0.0540 e. The normalized spacial score (nSPS) is 13.3. The van der Waals surface area contributed by atoms with Gasteiger partial charge in [0.1, 0.15) is 0 Å². The van der Waals surface area contributed by atoms with Crippen molar-refractivity contribution >= 4 is 70.1 Å². The predicted octanol–water partition coefficient (Wildman–Crippen LogP) is 13.8. The molecule has 0 atom stereocenters. The van der Waals surface area contributed by atoms with Crippen LogP contribution < -0.4 is 4.90 Å². The standard InChI is InChI=1S/C47H33NS/c1-47(2)41-16-8-5-14-38(41)39-25-23-35(29-42(39)47)48(43-17-9-6-13-36(43)32-20-19-30-11-3-4-12-31(30)27-32)34-22-24-37-33(28-34)21-26-45-46(37)40-15-7-10-18-44(40)49-45/h3-29H,1-2H3. The van der Waals surface area contributed by atoms with Crippen LogP contribution in [0.2, 0.25) is 0 Å². The number of thiophene rings is 1. The maximum atomic E-state index is 2.47. The minimum Gasteiger partial charge on any atom is -0.310 e. The van der Waals surface area contributed by atoms with Crippen LogP contribution in [0.4, 0.5) is 17.1 Å². The van der Waals surface area contributed by atoms with E-state index in [9.17, 15) is 0 Å². The first-order valence-corrected chi connectivity index (χ1v) is 17.8. The van der Waals surface area contributed by atoms with E-state index in [2.05, 4.69) is 183 Å². The van der Waals surface area contributed by atoms with Gasteiger partial charge in [-0.15, -0.1) is 11.3 Å². The molecule has 1 nitrogen and oxygen atoms in total. The summed E-state index contributed by atoms with van der Waals surface area (Å²) < 4.78 is 2.67. The first-order chi connectivity index (χ1) is 24.0. The second kappa shape index (κ2) is 10.7. The Morgan fingerprint density at radius 1 is 0.449 bits per heavy atom. The Morgan fingerprint density at radius 2 is 1.14 bits per heavy atom. The van der Waals surface area contributed by atoms with E-state index in [0.29, 0.717) is 0 Å². The number of anilines is 3. The SMILES string of the molecule is CC1(C)c2ccccc2-c2ccc(N(c3ccc4c(ccc5sc6ccccc6c54)c3)c3ccccc3-c3ccc4ccccc4c3)cc21. The molecule has 1 aliphatic carbocycles. The predicted molar refractivity (Wildman–Crippen MR) is 212 cm³/mol. The third-order valence-corrected chi connectivity index (χ3v) is 11.8. The summed E-state index contributed by atoms with van der Waals surface area (Å²) in [5, 5.41) is 7.73. The van der Waals surface area contributed by atoms with Crippen molar-refractivity contribution in [3.63, 3.8) is 0 Å². The van der Waals surface area contributed by atoms with Gasteiger partial charge in [-0.2, -0.15) is 0 Å². The molecule has 9 aromatic rings. The Balaban J connectivity index is 1.21. The lowest BCUT2D eigenvalue weighted by Crippen LogP contribution is -2.16. The van der Waals surface area contributed by atoms with Crippen LogP contribution in [0.15, 0.2) is 164 Å². The van der Waals surface area contributed by atoms with Crippen LogP contribution in [-0.2, 0) is 5.41 Å². The van der Waals surface area contributed by atoms with Gasteiger partial charge >= 0.3 is 0 Å². The zero-order valence-corrected chi connectivity index (χ0v) is 28.3. The van der Waals surface area contributed by atoms with Crippen LogP contribution >= 0.6 is 11.3 Å². The summed E-state index contributed by atoms with van der Waals surface area (Å²) in [4.78, 5) is 2.47. The number of para-hydroxylation sites is 1. The molecular weight excluding hydrogens is 611 g/mol. The molecule has 1 heterocycles. The van der Waals surface area contributed by atoms with Crippen LogP contribution in [0.1, 0.15) is 25.0 Å². The van der Waals surface area contributed by atoms with Crippen molar-refractivity contribution < 1.29 is 0 Å². The number of fused-ring (bicyclic) bond motifs is 9. The molecule has 0 bridgehead atoms. The third kappa shape index (κ3) is 4.31. The van der Waals surface area contributed by atoms with Crippen LogP contribution in [0.25, 0.3) is 64.0 Å². The molecule has 1 aromatic heterocycles. The molecule has 2 heteroatoms. The topological polar surface area (TPSA) is 3.24 Å². The molecule has 0 unspecified atom stereocenters. The summed E-state index contributed by atoms with van der Waals surface area (Å²) >= 11 is 1.88. The van der Waals surface area contributed by atoms with Gasteiger partial charge in [-0.25, -0.2) is 0 Å². The minimum absolute atomic E-state index is 0.0968. The Morgan fingerprint density at radius 3 is 2.06 bits per heavy atom. The van der Waals surface area contributed by atoms with E-state index in [1.165, 1.54) is 75.1 Å². The summed E-state index contributed by atoms with van der Waals surface area (Å²) in [7, 11) is 0. The van der Waals surface area contributed by atoms with Crippen molar-refractivity contribution in [1.29, 1.82) is 0 Å². The lowest BCUT2D eigenvalue weighted by atomic mass is 9.82. The van der Waals surface area contributed by atoms with Gasteiger partial charge in [-0.05, 0) is 97.9 Å². The maximum absolute atomic E-state index is 2.47. The molecule has 0 radical (unpaired) electrons. The highest BCUT2D eigenvalue weighted by Gasteiger charge is 2.36. The summed E-state index contributed by atoms with van der Waals surface area (Å²) in [6.07, 6.45) is 0. The Labute approximate surface area is 290 Å². The van der Waals surface area contributed by atoms with E-state index in [-0.39, 0.29) is 5.41 Å². The maximum Gasteiger partial charge on any atom is 0.0540 e. The number of nitrogens with zero attached hydrogens (tertiary/aromatic N) is 1. The molecule has 0 saturated carbocycles. The molecule has 1 aliphatic rings. The van der Waals surface area contributed by atoms with Crippen LogP contribution in [0.5, 0.6) is 0 Å². The Kier molecular flexibility index (Phi) is 6.16. The largest absolute Gasteiger partial charge is 0.310 e. The van der Waals surface area contributed by atoms with Gasteiger partial charge in [0.05, 0.1) is 5.69 Å². The first-order valence-electron chi connectivity index (χ1n) is 17.0. The first kappa shape index (κ1) is 28.3. The zero-order chi connectivity index (χ0) is 32.7. The lowest BCUT2D eigenvalue weighted by Gasteiger charge is -2.30. The zero-order valence-electron chi connectivity index (χ0n) is 27.4. The number of benzene rings is 8. The molecular formula is C47H33NS. The molecule has 0 aliphatic heterocycles. The second-order valence-electron chi connectivity index (χ2n) is 13.8. The van der Waals surface area contributed by atoms with Crippen LogP contribution in [-0.4, -0.2) is 0 Å². The fourth-order valence-corrected chi connectivity index (χ4v) is 9.33. The van der Waals surface area contributed by atoms with Crippen molar-refractivity contribution in [2.75, 3.05) is 4.90 Å². The average molecular weight is 644 g/mol. The number of hydrogen-bond acceptors (Lipinski definition) is 2. The molecule has 8 aromatic carbocycles. The van der Waals surface area contributed by atoms with Gasteiger partial charge in [0.15, 0.2) is 0 Å². The summed E-state index contributed by atoms with van der Waals surface area (Å²) in [6, 6.07) is 60.7. The van der Waals surface area contributed by atoms with Gasteiger partial charge in [0.2, 0.25) is 0 Å². The van der Waals surface area contributed by atoms with Crippen LogP contribution in [0, 0.1) is 0 Å². The Hall–Kier alpha value is -5.70. The molecule has 0 saturated heterocycles. The highest BCUT2D eigenvalue weighted by Crippen LogP contribution is 2.51. The van der Waals surface area contributed by atoms with Crippen molar-refractivity contribution in [2.45, 2.75) is 19.3 Å². The highest BCUT2D eigenvalue weighted by atomic mass is 32.1. The molecule has 0 fully saturated rings. The van der Waals surface area contributed by atoms with Crippen molar-refractivity contribution in [1.82, 2.24) is 0 Å². The van der Waals surface area contributed by atoms with Gasteiger partial charge in [0, 0.05) is 42.5 Å². The molecule has 49 heavy (non-hydrogen) atoms. The van der Waals surface area contributed by atoms with E-state index >= 15 is 0 Å². The fraction of sp³-hybridized carbons (Fsp3) is 0.0638. The van der Waals surface area contributed by atoms with E-state index in [1.54, 1.807) is 0 Å². The van der Waals surface area contributed by atoms with Gasteiger partial charge < -0.3 is 4.90 Å². The monoisotopic (exact) mass is 643 g/mol. The number of hydrogen-bond donors (Lipinski definition) is 0. The minimum atomic E-state index is -0.0968. The molecule has 232 valence electrons. The number of rotatable bonds is 4. The van der Waals surface area contributed by atoms with E-state index in [0.717, 1.165) is 17.1 Å². The molecule has 0 N–H and O–H groups in total. The quantitative estimate of drug-likeness (QED) is 0.184. The van der Waals surface area contributed by atoms with Gasteiger partial charge in [-0.3, -0.25) is 0 Å². The highest BCUT2D eigenvalue weighted by molar-refractivity contribution is 7.26. The van der Waals surface area contributed by atoms with E-state index in [1.807, 2.05) is 11.3 Å². The third-order valence-electron chi connectivity index (χ3n) is 10.6. The van der Waals surface area contributed by atoms with Crippen molar-refractivity contribution in [3.05, 3.63) is 175 Å². The molecule has 0 amide bonds. The van der Waals surface area contributed by atoms with Gasteiger partial charge in [0.25, 0.3) is 0 Å². The summed E-state index contributed by atoms with van der Waals surface area (Å²) in [6.45, 7) is 4.72. The Bertz CT molecular complexity index is 2770. The lowest BCUT2D eigenvalue weighted by molar-refractivity contribution is 0.660. The van der Waals surface area contributed by atoms with Crippen molar-refractivity contribution in [3.8, 4) is 22.3 Å². The van der Waals surface area contributed by atoms with Gasteiger partial charge in [-0.1, -0.05) is 129 Å². The molecule has 0 spiro atoms.